The van der Waals surface area contributed by atoms with Gasteiger partial charge in [0.2, 0.25) is 0 Å². The molecular formula is C8H14O5S. The molecule has 1 aliphatic rings. The molecule has 1 fully saturated rings. The maximum absolute atomic E-state index is 11.1. The molecule has 2 unspecified atom stereocenters. The number of carbonyl (C=O) groups excluding carboxylic acids is 1. The Morgan fingerprint density at radius 1 is 1.64 bits per heavy atom. The molecule has 82 valence electrons. The van der Waals surface area contributed by atoms with E-state index in [-0.39, 0.29) is 23.8 Å². The highest BCUT2D eigenvalue weighted by atomic mass is 32.2. The van der Waals surface area contributed by atoms with E-state index >= 15 is 0 Å². The molecule has 0 aromatic carbocycles. The lowest BCUT2D eigenvalue weighted by atomic mass is 9.99. The van der Waals surface area contributed by atoms with E-state index in [9.17, 15) is 18.3 Å². The summed E-state index contributed by atoms with van der Waals surface area (Å²) in [7, 11) is -1.76. The minimum atomic E-state index is -3.00. The molecule has 0 aromatic rings. The molecule has 1 saturated heterocycles. The number of aliphatic hydroxyl groups is 1. The van der Waals surface area contributed by atoms with Gasteiger partial charge in [-0.3, -0.25) is 4.79 Å². The summed E-state index contributed by atoms with van der Waals surface area (Å²) in [5, 5.41) is 9.52. The zero-order valence-electron chi connectivity index (χ0n) is 7.97. The van der Waals surface area contributed by atoms with Gasteiger partial charge in [0.25, 0.3) is 0 Å². The molecule has 0 aliphatic carbocycles. The van der Waals surface area contributed by atoms with Gasteiger partial charge in [-0.1, -0.05) is 0 Å². The van der Waals surface area contributed by atoms with Crippen molar-refractivity contribution in [1.82, 2.24) is 0 Å². The molecule has 1 N–H and O–H groups in total. The Hall–Kier alpha value is -0.620. The van der Waals surface area contributed by atoms with Crippen molar-refractivity contribution in [3.63, 3.8) is 0 Å². The van der Waals surface area contributed by atoms with Crippen LogP contribution in [-0.2, 0) is 19.4 Å². The topological polar surface area (TPSA) is 80.7 Å². The predicted molar refractivity (Wildman–Crippen MR) is 49.4 cm³/mol. The Balaban J connectivity index is 2.47. The van der Waals surface area contributed by atoms with Crippen molar-refractivity contribution in [2.75, 3.05) is 18.6 Å². The van der Waals surface area contributed by atoms with Crippen LogP contribution < -0.4 is 0 Å². The maximum Gasteiger partial charge on any atom is 0.308 e. The Kier molecular flexibility index (Phi) is 3.49. The van der Waals surface area contributed by atoms with Crippen LogP contribution in [0.2, 0.25) is 0 Å². The van der Waals surface area contributed by atoms with E-state index in [2.05, 4.69) is 4.74 Å². The second-order valence-corrected chi connectivity index (χ2v) is 5.74. The molecule has 1 rings (SSSR count). The van der Waals surface area contributed by atoms with Crippen LogP contribution in [0.25, 0.3) is 0 Å². The van der Waals surface area contributed by atoms with Crippen LogP contribution in [0, 0.1) is 5.92 Å². The third-order valence-corrected chi connectivity index (χ3v) is 4.21. The summed E-state index contributed by atoms with van der Waals surface area (Å²) >= 11 is 0. The quantitative estimate of drug-likeness (QED) is 0.641. The van der Waals surface area contributed by atoms with Crippen molar-refractivity contribution < 1.29 is 23.1 Å². The zero-order valence-corrected chi connectivity index (χ0v) is 8.79. The number of rotatable bonds is 3. The van der Waals surface area contributed by atoms with Gasteiger partial charge >= 0.3 is 5.97 Å². The lowest BCUT2D eigenvalue weighted by Gasteiger charge is -2.14. The molecular weight excluding hydrogens is 208 g/mol. The molecule has 0 aromatic heterocycles. The third-order valence-electron chi connectivity index (χ3n) is 2.42. The van der Waals surface area contributed by atoms with E-state index in [4.69, 9.17) is 0 Å². The lowest BCUT2D eigenvalue weighted by Crippen LogP contribution is -2.25. The Bertz CT molecular complexity index is 308. The first-order chi connectivity index (χ1) is 6.44. The summed E-state index contributed by atoms with van der Waals surface area (Å²) in [5.41, 5.74) is 0. The number of aliphatic hydroxyl groups excluding tert-OH is 1. The van der Waals surface area contributed by atoms with Crippen LogP contribution in [0.15, 0.2) is 0 Å². The van der Waals surface area contributed by atoms with Crippen molar-refractivity contribution in [1.29, 1.82) is 0 Å². The molecule has 1 heterocycles. The first kappa shape index (κ1) is 11.5. The Labute approximate surface area is 83.0 Å². The third kappa shape index (κ3) is 2.95. The lowest BCUT2D eigenvalue weighted by molar-refractivity contribution is -0.143. The van der Waals surface area contributed by atoms with Crippen LogP contribution in [0.4, 0.5) is 0 Å². The highest BCUT2D eigenvalue weighted by molar-refractivity contribution is 7.91. The van der Waals surface area contributed by atoms with E-state index < -0.39 is 21.9 Å². The molecule has 0 radical (unpaired) electrons. The minimum absolute atomic E-state index is 0.0227. The smallest absolute Gasteiger partial charge is 0.308 e. The van der Waals surface area contributed by atoms with E-state index in [1.165, 1.54) is 7.11 Å². The SMILES string of the molecule is COC(=O)CC(O)C1CCS(=O)(=O)C1. The van der Waals surface area contributed by atoms with Gasteiger partial charge in [-0.05, 0) is 6.42 Å². The van der Waals surface area contributed by atoms with E-state index in [0.717, 1.165) is 0 Å². The van der Waals surface area contributed by atoms with Gasteiger partial charge in [0.1, 0.15) is 0 Å². The first-order valence-corrected chi connectivity index (χ1v) is 6.22. The van der Waals surface area contributed by atoms with E-state index in [1.807, 2.05) is 0 Å². The summed E-state index contributed by atoms with van der Waals surface area (Å²) in [4.78, 5) is 10.8. The highest BCUT2D eigenvalue weighted by Gasteiger charge is 2.33. The number of hydrogen-bond donors (Lipinski definition) is 1. The van der Waals surface area contributed by atoms with Crippen molar-refractivity contribution in [2.24, 2.45) is 5.92 Å². The summed E-state index contributed by atoms with van der Waals surface area (Å²) in [5.74, 6) is -0.748. The predicted octanol–water partition coefficient (Wildman–Crippen LogP) is -0.655. The molecule has 0 saturated carbocycles. The highest BCUT2D eigenvalue weighted by Crippen LogP contribution is 2.23. The van der Waals surface area contributed by atoms with Crippen LogP contribution >= 0.6 is 0 Å². The number of carbonyl (C=O) groups is 1. The summed E-state index contributed by atoms with van der Waals surface area (Å²) in [6.07, 6.45) is -0.600. The zero-order chi connectivity index (χ0) is 10.8. The van der Waals surface area contributed by atoms with Gasteiger partial charge in [-0.2, -0.15) is 0 Å². The molecule has 5 nitrogen and oxygen atoms in total. The second kappa shape index (κ2) is 4.27. The first-order valence-electron chi connectivity index (χ1n) is 4.40. The van der Waals surface area contributed by atoms with Crippen molar-refractivity contribution >= 4 is 15.8 Å². The van der Waals surface area contributed by atoms with Gasteiger partial charge in [0, 0.05) is 5.92 Å². The van der Waals surface area contributed by atoms with Crippen molar-refractivity contribution in [3.05, 3.63) is 0 Å². The standard InChI is InChI=1S/C8H14O5S/c1-13-8(10)4-7(9)6-2-3-14(11,12)5-6/h6-7,9H,2-5H2,1H3. The van der Waals surface area contributed by atoms with Gasteiger partial charge in [0.15, 0.2) is 9.84 Å². The van der Waals surface area contributed by atoms with Gasteiger partial charge in [0.05, 0.1) is 31.1 Å². The number of sulfone groups is 1. The normalized spacial score (nSPS) is 27.1. The summed E-state index contributed by atoms with van der Waals surface area (Å²) in [6.45, 7) is 0. The van der Waals surface area contributed by atoms with Gasteiger partial charge in [-0.15, -0.1) is 0 Å². The molecule has 6 heteroatoms. The largest absolute Gasteiger partial charge is 0.469 e. The Morgan fingerprint density at radius 2 is 2.29 bits per heavy atom. The molecule has 2 atom stereocenters. The molecule has 0 spiro atoms. The van der Waals surface area contributed by atoms with Crippen LogP contribution in [0.3, 0.4) is 0 Å². The number of methoxy groups -OCH3 is 1. The van der Waals surface area contributed by atoms with Crippen molar-refractivity contribution in [3.8, 4) is 0 Å². The fourth-order valence-electron chi connectivity index (χ4n) is 1.55. The van der Waals surface area contributed by atoms with Crippen LogP contribution in [0.1, 0.15) is 12.8 Å². The van der Waals surface area contributed by atoms with Gasteiger partial charge in [-0.25, -0.2) is 8.42 Å². The number of ether oxygens (including phenoxy) is 1. The molecule has 0 amide bonds. The van der Waals surface area contributed by atoms with Gasteiger partial charge < -0.3 is 9.84 Å². The van der Waals surface area contributed by atoms with E-state index in [1.54, 1.807) is 0 Å². The summed E-state index contributed by atoms with van der Waals surface area (Å²) < 4.78 is 26.5. The monoisotopic (exact) mass is 222 g/mol. The molecule has 14 heavy (non-hydrogen) atoms. The fraction of sp³-hybridized carbons (Fsp3) is 0.875. The molecule has 0 bridgehead atoms. The average molecular weight is 222 g/mol. The Morgan fingerprint density at radius 3 is 2.71 bits per heavy atom. The van der Waals surface area contributed by atoms with Crippen LogP contribution in [-0.4, -0.2) is 44.2 Å². The number of esters is 1. The minimum Gasteiger partial charge on any atom is -0.469 e. The summed E-state index contributed by atoms with van der Waals surface area (Å²) in [6, 6.07) is 0. The molecule has 1 aliphatic heterocycles. The van der Waals surface area contributed by atoms with Crippen molar-refractivity contribution in [2.45, 2.75) is 18.9 Å². The van der Waals surface area contributed by atoms with Crippen LogP contribution in [0.5, 0.6) is 0 Å². The fourth-order valence-corrected chi connectivity index (χ4v) is 3.42. The van der Waals surface area contributed by atoms with E-state index in [0.29, 0.717) is 6.42 Å². The average Bonchev–Trinajstić information content (AvgIpc) is 2.46. The maximum atomic E-state index is 11.1. The second-order valence-electron chi connectivity index (χ2n) is 3.51. The number of hydrogen-bond acceptors (Lipinski definition) is 5.